The van der Waals surface area contributed by atoms with Crippen molar-refractivity contribution in [3.8, 4) is 5.69 Å². The fourth-order valence-electron chi connectivity index (χ4n) is 4.69. The van der Waals surface area contributed by atoms with Crippen molar-refractivity contribution in [2.24, 2.45) is 11.3 Å². The molecule has 0 N–H and O–H groups in total. The first-order chi connectivity index (χ1) is 12.6. The molecule has 2 aliphatic carbocycles. The van der Waals surface area contributed by atoms with Crippen LogP contribution in [0.1, 0.15) is 37.4 Å². The van der Waals surface area contributed by atoms with Crippen LogP contribution in [0, 0.1) is 17.2 Å². The molecular formula is C21H25FN2O2. The quantitative estimate of drug-likeness (QED) is 0.761. The molecule has 3 atom stereocenters. The monoisotopic (exact) mass is 356 g/mol. The van der Waals surface area contributed by atoms with Crippen molar-refractivity contribution in [2.75, 3.05) is 7.11 Å². The highest BCUT2D eigenvalue weighted by atomic mass is 19.1. The highest BCUT2D eigenvalue weighted by Crippen LogP contribution is 2.50. The number of hydrogen-bond donors (Lipinski definition) is 0. The van der Waals surface area contributed by atoms with E-state index in [1.54, 1.807) is 31.8 Å². The molecule has 0 amide bonds. The van der Waals surface area contributed by atoms with Gasteiger partial charge in [-0.3, -0.25) is 0 Å². The fraction of sp³-hybridized carbons (Fsp3) is 0.476. The first kappa shape index (κ1) is 17.1. The lowest BCUT2D eigenvalue weighted by Gasteiger charge is -2.49. The topological polar surface area (TPSA) is 36.3 Å². The Hall–Kier alpha value is -2.30. The second-order valence-electron chi connectivity index (χ2n) is 7.65. The SMILES string of the molecule is CO/C=C/O[C@H]1CCCC2Cc3c(cnn3-c3ccc(F)cc3)C[C@@]21C. The number of ether oxygens (including phenoxy) is 2. The Morgan fingerprint density at radius 3 is 2.81 bits per heavy atom. The maximum absolute atomic E-state index is 13.3. The van der Waals surface area contributed by atoms with E-state index in [-0.39, 0.29) is 17.3 Å². The van der Waals surface area contributed by atoms with Crippen LogP contribution >= 0.6 is 0 Å². The van der Waals surface area contributed by atoms with Crippen LogP contribution in [0.4, 0.5) is 4.39 Å². The molecule has 1 saturated carbocycles. The summed E-state index contributed by atoms with van der Waals surface area (Å²) in [6.07, 6.45) is 10.8. The molecule has 0 saturated heterocycles. The Bertz CT molecular complexity index is 799. The van der Waals surface area contributed by atoms with E-state index < -0.39 is 0 Å². The van der Waals surface area contributed by atoms with Crippen LogP contribution in [-0.4, -0.2) is 23.0 Å². The summed E-state index contributed by atoms with van der Waals surface area (Å²) in [6.45, 7) is 2.35. The minimum atomic E-state index is -0.223. The van der Waals surface area contributed by atoms with Gasteiger partial charge in [-0.15, -0.1) is 0 Å². The summed E-state index contributed by atoms with van der Waals surface area (Å²) in [5.74, 6) is 0.333. The molecule has 2 aromatic rings. The van der Waals surface area contributed by atoms with Crippen molar-refractivity contribution < 1.29 is 13.9 Å². The fourth-order valence-corrected chi connectivity index (χ4v) is 4.69. The number of hydrogen-bond acceptors (Lipinski definition) is 3. The van der Waals surface area contributed by atoms with E-state index in [1.165, 1.54) is 36.2 Å². The molecule has 1 unspecified atom stereocenters. The van der Waals surface area contributed by atoms with Crippen molar-refractivity contribution in [2.45, 2.75) is 45.1 Å². The van der Waals surface area contributed by atoms with Gasteiger partial charge in [-0.1, -0.05) is 6.92 Å². The van der Waals surface area contributed by atoms with Gasteiger partial charge in [0.2, 0.25) is 0 Å². The van der Waals surface area contributed by atoms with Crippen LogP contribution in [0.25, 0.3) is 5.69 Å². The van der Waals surface area contributed by atoms with Crippen LogP contribution in [0.5, 0.6) is 0 Å². The smallest absolute Gasteiger partial charge is 0.123 e. The van der Waals surface area contributed by atoms with Crippen molar-refractivity contribution >= 4 is 0 Å². The van der Waals surface area contributed by atoms with Crippen molar-refractivity contribution in [1.29, 1.82) is 0 Å². The summed E-state index contributed by atoms with van der Waals surface area (Å²) < 4.78 is 26.2. The summed E-state index contributed by atoms with van der Waals surface area (Å²) in [5, 5.41) is 4.61. The van der Waals surface area contributed by atoms with Gasteiger partial charge in [0.05, 0.1) is 19.0 Å². The Morgan fingerprint density at radius 2 is 2.04 bits per heavy atom. The molecule has 1 aromatic carbocycles. The number of halogens is 1. The minimum absolute atomic E-state index is 0.0972. The molecular weight excluding hydrogens is 331 g/mol. The van der Waals surface area contributed by atoms with E-state index in [4.69, 9.17) is 9.47 Å². The average Bonchev–Trinajstić information content (AvgIpc) is 3.03. The van der Waals surface area contributed by atoms with Crippen molar-refractivity contribution in [3.63, 3.8) is 0 Å². The highest BCUT2D eigenvalue weighted by Gasteiger charge is 2.48. The molecule has 4 rings (SSSR count). The van der Waals surface area contributed by atoms with Crippen LogP contribution < -0.4 is 0 Å². The molecule has 2 aliphatic rings. The maximum atomic E-state index is 13.3. The predicted molar refractivity (Wildman–Crippen MR) is 97.4 cm³/mol. The van der Waals surface area contributed by atoms with Crippen molar-refractivity contribution in [3.05, 3.63) is 60.1 Å². The molecule has 5 heteroatoms. The minimum Gasteiger partial charge on any atom is -0.501 e. The normalized spacial score (nSPS) is 27.8. The van der Waals surface area contributed by atoms with Gasteiger partial charge in [0.1, 0.15) is 24.4 Å². The highest BCUT2D eigenvalue weighted by molar-refractivity contribution is 5.37. The number of nitrogens with zero attached hydrogens (tertiary/aromatic N) is 2. The lowest BCUT2D eigenvalue weighted by atomic mass is 9.59. The zero-order chi connectivity index (χ0) is 18.1. The third-order valence-electron chi connectivity index (χ3n) is 6.16. The van der Waals surface area contributed by atoms with Crippen LogP contribution in [0.2, 0.25) is 0 Å². The number of rotatable bonds is 4. The molecule has 4 nitrogen and oxygen atoms in total. The van der Waals surface area contributed by atoms with E-state index in [0.717, 1.165) is 24.9 Å². The zero-order valence-corrected chi connectivity index (χ0v) is 15.3. The van der Waals surface area contributed by atoms with Crippen molar-refractivity contribution in [1.82, 2.24) is 9.78 Å². The Labute approximate surface area is 153 Å². The molecule has 1 heterocycles. The lowest BCUT2D eigenvalue weighted by molar-refractivity contribution is -0.0568. The molecule has 138 valence electrons. The van der Waals surface area contributed by atoms with Gasteiger partial charge in [-0.05, 0) is 67.9 Å². The number of benzene rings is 1. The maximum Gasteiger partial charge on any atom is 0.123 e. The first-order valence-corrected chi connectivity index (χ1v) is 9.27. The van der Waals surface area contributed by atoms with Gasteiger partial charge in [0.25, 0.3) is 0 Å². The third kappa shape index (κ3) is 2.89. The number of aromatic nitrogens is 2. The zero-order valence-electron chi connectivity index (χ0n) is 15.3. The Balaban J connectivity index is 1.64. The lowest BCUT2D eigenvalue weighted by Crippen LogP contribution is -2.48. The van der Waals surface area contributed by atoms with E-state index in [9.17, 15) is 4.39 Å². The van der Waals surface area contributed by atoms with E-state index in [1.807, 2.05) is 10.9 Å². The standard InChI is InChI=1S/C21H25FN2O2/c1-21-13-15-14-23-24(18-8-6-17(22)7-9-18)19(15)12-16(21)4-3-5-20(21)26-11-10-25-2/h6-11,14,16,20H,3-5,12-13H2,1-2H3/b11-10+/t16?,20-,21-/m0/s1. The summed E-state index contributed by atoms with van der Waals surface area (Å²) in [7, 11) is 1.63. The summed E-state index contributed by atoms with van der Waals surface area (Å²) >= 11 is 0. The molecule has 0 bridgehead atoms. The second kappa shape index (κ2) is 6.78. The largest absolute Gasteiger partial charge is 0.501 e. The molecule has 0 aliphatic heterocycles. The summed E-state index contributed by atoms with van der Waals surface area (Å²) in [4.78, 5) is 0. The summed E-state index contributed by atoms with van der Waals surface area (Å²) in [6, 6.07) is 6.56. The molecule has 1 aromatic heterocycles. The van der Waals surface area contributed by atoms with Gasteiger partial charge >= 0.3 is 0 Å². The first-order valence-electron chi connectivity index (χ1n) is 9.27. The molecule has 1 fully saturated rings. The predicted octanol–water partition coefficient (Wildman–Crippen LogP) is 4.42. The molecule has 0 spiro atoms. The van der Waals surface area contributed by atoms with E-state index in [2.05, 4.69) is 12.0 Å². The Morgan fingerprint density at radius 1 is 1.23 bits per heavy atom. The van der Waals surface area contributed by atoms with Gasteiger partial charge in [-0.25, -0.2) is 9.07 Å². The second-order valence-corrected chi connectivity index (χ2v) is 7.65. The van der Waals surface area contributed by atoms with Gasteiger partial charge in [0, 0.05) is 11.1 Å². The Kier molecular flexibility index (Phi) is 4.47. The van der Waals surface area contributed by atoms with E-state index >= 15 is 0 Å². The average molecular weight is 356 g/mol. The number of methoxy groups -OCH3 is 1. The van der Waals surface area contributed by atoms with Gasteiger partial charge in [-0.2, -0.15) is 5.10 Å². The van der Waals surface area contributed by atoms with Crippen LogP contribution in [-0.2, 0) is 22.3 Å². The van der Waals surface area contributed by atoms with Gasteiger partial charge < -0.3 is 9.47 Å². The van der Waals surface area contributed by atoms with Crippen LogP contribution in [0.15, 0.2) is 43.0 Å². The van der Waals surface area contributed by atoms with E-state index in [0.29, 0.717) is 5.92 Å². The van der Waals surface area contributed by atoms with Crippen LogP contribution in [0.3, 0.4) is 0 Å². The molecule has 0 radical (unpaired) electrons. The van der Waals surface area contributed by atoms with Gasteiger partial charge in [0.15, 0.2) is 0 Å². The molecule has 26 heavy (non-hydrogen) atoms. The number of fused-ring (bicyclic) bond motifs is 2. The summed E-state index contributed by atoms with van der Waals surface area (Å²) in [5.41, 5.74) is 3.55. The third-order valence-corrected chi connectivity index (χ3v) is 6.16.